The highest BCUT2D eigenvalue weighted by molar-refractivity contribution is 5.85. The lowest BCUT2D eigenvalue weighted by molar-refractivity contribution is -0.137. The molecule has 3 N–H and O–H groups in total. The molecule has 0 radical (unpaired) electrons. The molecule has 2 rings (SSSR count). The molecular weight excluding hydrogens is 345 g/mol. The first-order valence-electron chi connectivity index (χ1n) is 7.54. The second-order valence-electron chi connectivity index (χ2n) is 5.92. The lowest BCUT2D eigenvalue weighted by Gasteiger charge is -2.35. The molecule has 1 unspecified atom stereocenters. The van der Waals surface area contributed by atoms with E-state index < -0.39 is 23.2 Å². The Balaban J connectivity index is 0.00000288. The van der Waals surface area contributed by atoms with E-state index in [0.717, 1.165) is 12.1 Å². The van der Waals surface area contributed by atoms with Crippen molar-refractivity contribution in [3.05, 3.63) is 35.4 Å². The fourth-order valence-electron chi connectivity index (χ4n) is 2.70. The van der Waals surface area contributed by atoms with Crippen molar-refractivity contribution in [2.24, 2.45) is 11.1 Å². The number of rotatable bonds is 4. The number of ether oxygens (including phenoxy) is 1. The van der Waals surface area contributed by atoms with Crippen LogP contribution in [-0.2, 0) is 15.7 Å². The van der Waals surface area contributed by atoms with Gasteiger partial charge < -0.3 is 15.8 Å². The van der Waals surface area contributed by atoms with Gasteiger partial charge in [0.2, 0.25) is 5.91 Å². The minimum Gasteiger partial charge on any atom is -0.381 e. The summed E-state index contributed by atoms with van der Waals surface area (Å²) in [5.74, 6) is -0.229. The quantitative estimate of drug-likeness (QED) is 0.860. The third-order valence-corrected chi connectivity index (χ3v) is 4.38. The van der Waals surface area contributed by atoms with Crippen LogP contribution in [0.2, 0.25) is 0 Å². The third-order valence-electron chi connectivity index (χ3n) is 4.38. The predicted octanol–water partition coefficient (Wildman–Crippen LogP) is 3.06. The average Bonchev–Trinajstić information content (AvgIpc) is 2.54. The minimum atomic E-state index is -4.40. The molecule has 0 bridgehead atoms. The summed E-state index contributed by atoms with van der Waals surface area (Å²) >= 11 is 0. The van der Waals surface area contributed by atoms with Crippen molar-refractivity contribution in [1.29, 1.82) is 0 Å². The van der Waals surface area contributed by atoms with Gasteiger partial charge in [-0.1, -0.05) is 12.1 Å². The van der Waals surface area contributed by atoms with Crippen LogP contribution in [0.4, 0.5) is 13.2 Å². The van der Waals surface area contributed by atoms with Gasteiger partial charge in [0, 0.05) is 19.8 Å². The van der Waals surface area contributed by atoms with E-state index >= 15 is 0 Å². The molecule has 0 saturated carbocycles. The van der Waals surface area contributed by atoms with E-state index in [1.807, 2.05) is 0 Å². The largest absolute Gasteiger partial charge is 0.416 e. The number of carbonyl (C=O) groups excluding carboxylic acids is 1. The Morgan fingerprint density at radius 1 is 1.38 bits per heavy atom. The van der Waals surface area contributed by atoms with Gasteiger partial charge in [-0.15, -0.1) is 12.4 Å². The Hall–Kier alpha value is -1.31. The molecule has 8 heteroatoms. The number of hydrogen-bond acceptors (Lipinski definition) is 3. The van der Waals surface area contributed by atoms with Gasteiger partial charge in [-0.05, 0) is 37.5 Å². The lowest BCUT2D eigenvalue weighted by atomic mass is 9.79. The van der Waals surface area contributed by atoms with Crippen LogP contribution in [0.25, 0.3) is 0 Å². The molecule has 1 heterocycles. The van der Waals surface area contributed by atoms with E-state index in [2.05, 4.69) is 5.32 Å². The molecule has 0 spiro atoms. The number of nitrogens with one attached hydrogen (secondary N) is 1. The van der Waals surface area contributed by atoms with Crippen molar-refractivity contribution >= 4 is 18.3 Å². The first-order chi connectivity index (χ1) is 10.8. The molecule has 1 aromatic rings. The molecular formula is C16H22ClF3N2O2. The van der Waals surface area contributed by atoms with Crippen LogP contribution in [-0.4, -0.2) is 25.7 Å². The van der Waals surface area contributed by atoms with Gasteiger partial charge in [0.25, 0.3) is 0 Å². The van der Waals surface area contributed by atoms with Crippen LogP contribution in [0.3, 0.4) is 0 Å². The molecule has 1 aliphatic heterocycles. The van der Waals surface area contributed by atoms with Crippen molar-refractivity contribution in [1.82, 2.24) is 5.32 Å². The Bertz CT molecular complexity index is 560. The number of alkyl halides is 3. The highest BCUT2D eigenvalue weighted by Crippen LogP contribution is 2.32. The van der Waals surface area contributed by atoms with Gasteiger partial charge >= 0.3 is 6.18 Å². The molecule has 1 saturated heterocycles. The molecule has 0 aromatic heterocycles. The lowest BCUT2D eigenvalue weighted by Crippen LogP contribution is -2.49. The molecule has 136 valence electrons. The molecule has 4 nitrogen and oxygen atoms in total. The van der Waals surface area contributed by atoms with Gasteiger partial charge in [-0.3, -0.25) is 4.79 Å². The van der Waals surface area contributed by atoms with Crippen molar-refractivity contribution in [2.75, 3.05) is 19.8 Å². The molecule has 0 aliphatic carbocycles. The third kappa shape index (κ3) is 4.62. The normalized spacial score (nSPS) is 18.4. The fraction of sp³-hybridized carbons (Fsp3) is 0.562. The number of benzene rings is 1. The van der Waals surface area contributed by atoms with Gasteiger partial charge in [-0.25, -0.2) is 0 Å². The molecule has 1 amide bonds. The SMILES string of the molecule is CC(NC(=O)C1(CN)CCOCC1)c1cccc(C(F)(F)F)c1.Cl. The van der Waals surface area contributed by atoms with Crippen molar-refractivity contribution in [3.63, 3.8) is 0 Å². The summed E-state index contributed by atoms with van der Waals surface area (Å²) in [5.41, 5.74) is 4.75. The first-order valence-corrected chi connectivity index (χ1v) is 7.54. The van der Waals surface area contributed by atoms with Gasteiger partial charge in [0.05, 0.1) is 17.0 Å². The topological polar surface area (TPSA) is 64.4 Å². The summed E-state index contributed by atoms with van der Waals surface area (Å²) in [6, 6.07) is 4.45. The maximum atomic E-state index is 12.8. The second-order valence-corrected chi connectivity index (χ2v) is 5.92. The molecule has 1 aliphatic rings. The standard InChI is InChI=1S/C16H21F3N2O2.ClH/c1-11(12-3-2-4-13(9-12)16(17,18)19)21-14(22)15(10-20)5-7-23-8-6-15;/h2-4,9,11H,5-8,10,20H2,1H3,(H,21,22);1H. The number of nitrogens with two attached hydrogens (primary N) is 1. The Labute approximate surface area is 145 Å². The van der Waals surface area contributed by atoms with E-state index in [9.17, 15) is 18.0 Å². The monoisotopic (exact) mass is 366 g/mol. The van der Waals surface area contributed by atoms with Crippen molar-refractivity contribution in [2.45, 2.75) is 32.0 Å². The summed E-state index contributed by atoms with van der Waals surface area (Å²) in [7, 11) is 0. The first kappa shape index (κ1) is 20.7. The van der Waals surface area contributed by atoms with E-state index in [-0.39, 0.29) is 24.9 Å². The summed E-state index contributed by atoms with van der Waals surface area (Å²) in [6.07, 6.45) is -3.37. The smallest absolute Gasteiger partial charge is 0.381 e. The van der Waals surface area contributed by atoms with Crippen molar-refractivity contribution in [3.8, 4) is 0 Å². The summed E-state index contributed by atoms with van der Waals surface area (Å²) in [4.78, 5) is 12.5. The summed E-state index contributed by atoms with van der Waals surface area (Å²) in [6.45, 7) is 2.78. The summed E-state index contributed by atoms with van der Waals surface area (Å²) < 4.78 is 43.6. The van der Waals surface area contributed by atoms with Crippen LogP contribution in [0.15, 0.2) is 24.3 Å². The Morgan fingerprint density at radius 3 is 2.54 bits per heavy atom. The molecule has 1 fully saturated rings. The molecule has 24 heavy (non-hydrogen) atoms. The zero-order chi connectivity index (χ0) is 17.1. The van der Waals surface area contributed by atoms with Crippen LogP contribution >= 0.6 is 12.4 Å². The maximum absolute atomic E-state index is 12.8. The van der Waals surface area contributed by atoms with E-state index in [1.54, 1.807) is 13.0 Å². The Kier molecular flexibility index (Phi) is 7.07. The van der Waals surface area contributed by atoms with Crippen LogP contribution in [0.5, 0.6) is 0 Å². The van der Waals surface area contributed by atoms with E-state index in [4.69, 9.17) is 10.5 Å². The van der Waals surface area contributed by atoms with E-state index in [1.165, 1.54) is 6.07 Å². The zero-order valence-corrected chi connectivity index (χ0v) is 14.2. The molecule has 1 atom stereocenters. The number of halogens is 4. The van der Waals surface area contributed by atoms with Gasteiger partial charge in [0.15, 0.2) is 0 Å². The van der Waals surface area contributed by atoms with Gasteiger partial charge in [0.1, 0.15) is 0 Å². The van der Waals surface area contributed by atoms with Gasteiger partial charge in [-0.2, -0.15) is 13.2 Å². The number of amides is 1. The number of hydrogen-bond donors (Lipinski definition) is 2. The predicted molar refractivity (Wildman–Crippen MR) is 86.8 cm³/mol. The van der Waals surface area contributed by atoms with Crippen LogP contribution in [0.1, 0.15) is 36.9 Å². The van der Waals surface area contributed by atoms with Crippen LogP contribution < -0.4 is 11.1 Å². The Morgan fingerprint density at radius 2 is 2.00 bits per heavy atom. The zero-order valence-electron chi connectivity index (χ0n) is 13.4. The molecule has 1 aromatic carbocycles. The van der Waals surface area contributed by atoms with Crippen molar-refractivity contribution < 1.29 is 22.7 Å². The average molecular weight is 367 g/mol. The highest BCUT2D eigenvalue weighted by atomic mass is 35.5. The highest BCUT2D eigenvalue weighted by Gasteiger charge is 2.39. The van der Waals surface area contributed by atoms with E-state index in [0.29, 0.717) is 31.6 Å². The van der Waals surface area contributed by atoms with Crippen LogP contribution in [0, 0.1) is 5.41 Å². The maximum Gasteiger partial charge on any atom is 0.416 e. The second kappa shape index (κ2) is 8.18. The minimum absolute atomic E-state index is 0. The summed E-state index contributed by atoms with van der Waals surface area (Å²) in [5, 5.41) is 2.79. The number of carbonyl (C=O) groups is 1. The fourth-order valence-corrected chi connectivity index (χ4v) is 2.70.